The number of halogens is 2. The molecule has 2 aromatic heterocycles. The summed E-state index contributed by atoms with van der Waals surface area (Å²) in [7, 11) is 0. The van der Waals surface area contributed by atoms with Crippen LogP contribution in [0.25, 0.3) is 11.3 Å². The Morgan fingerprint density at radius 1 is 1.26 bits per heavy atom. The fraction of sp³-hybridized carbons (Fsp3) is 0. The van der Waals surface area contributed by atoms with Crippen LogP contribution in [-0.4, -0.2) is 22.3 Å². The van der Waals surface area contributed by atoms with Crippen LogP contribution in [0.15, 0.2) is 52.2 Å². The van der Waals surface area contributed by atoms with Crippen LogP contribution < -0.4 is 5.43 Å². The van der Waals surface area contributed by atoms with Crippen LogP contribution >= 0.6 is 23.2 Å². The lowest BCUT2D eigenvalue weighted by atomic mass is 10.1. The molecule has 0 saturated heterocycles. The largest absolute Gasteiger partial charge is 0.463 e. The van der Waals surface area contributed by atoms with Gasteiger partial charge < -0.3 is 4.42 Å². The molecule has 1 amide bonds. The quantitative estimate of drug-likeness (QED) is 0.556. The maximum absolute atomic E-state index is 12.0. The van der Waals surface area contributed by atoms with E-state index in [0.717, 1.165) is 5.56 Å². The molecule has 0 aliphatic heterocycles. The van der Waals surface area contributed by atoms with E-state index in [0.29, 0.717) is 21.5 Å². The van der Waals surface area contributed by atoms with Crippen molar-refractivity contribution in [2.45, 2.75) is 0 Å². The van der Waals surface area contributed by atoms with E-state index in [1.807, 2.05) is 0 Å². The molecule has 2 N–H and O–H groups in total. The lowest BCUT2D eigenvalue weighted by molar-refractivity contribution is 0.0950. The van der Waals surface area contributed by atoms with E-state index in [9.17, 15) is 4.79 Å². The zero-order chi connectivity index (χ0) is 16.2. The number of hydrazone groups is 1. The molecule has 6 nitrogen and oxygen atoms in total. The number of nitrogens with one attached hydrogen (secondary N) is 2. The Morgan fingerprint density at radius 2 is 2.13 bits per heavy atom. The monoisotopic (exact) mass is 348 g/mol. The van der Waals surface area contributed by atoms with E-state index in [-0.39, 0.29) is 5.69 Å². The summed E-state index contributed by atoms with van der Waals surface area (Å²) in [5, 5.41) is 11.4. The van der Waals surface area contributed by atoms with Crippen LogP contribution in [0.5, 0.6) is 0 Å². The number of furan rings is 1. The molecule has 116 valence electrons. The molecule has 0 aliphatic rings. The molecule has 0 atom stereocenters. The van der Waals surface area contributed by atoms with E-state index in [1.54, 1.807) is 36.4 Å². The van der Waals surface area contributed by atoms with Gasteiger partial charge in [-0.25, -0.2) is 5.43 Å². The lowest BCUT2D eigenvalue weighted by Crippen LogP contribution is -2.17. The molecule has 23 heavy (non-hydrogen) atoms. The highest BCUT2D eigenvalue weighted by molar-refractivity contribution is 6.42. The van der Waals surface area contributed by atoms with E-state index in [2.05, 4.69) is 20.7 Å². The molecule has 3 aromatic rings. The van der Waals surface area contributed by atoms with Gasteiger partial charge in [0.25, 0.3) is 5.91 Å². The summed E-state index contributed by atoms with van der Waals surface area (Å²) >= 11 is 11.8. The number of carbonyl (C=O) groups is 1. The fourth-order valence-corrected chi connectivity index (χ4v) is 2.12. The Hall–Kier alpha value is -2.57. The van der Waals surface area contributed by atoms with Crippen molar-refractivity contribution < 1.29 is 9.21 Å². The van der Waals surface area contributed by atoms with Crippen molar-refractivity contribution in [1.82, 2.24) is 15.6 Å². The number of aromatic nitrogens is 2. The zero-order valence-corrected chi connectivity index (χ0v) is 13.1. The summed E-state index contributed by atoms with van der Waals surface area (Å²) < 4.78 is 5.06. The first-order valence-electron chi connectivity index (χ1n) is 6.51. The normalized spacial score (nSPS) is 11.0. The van der Waals surface area contributed by atoms with E-state index in [1.165, 1.54) is 12.5 Å². The van der Waals surface area contributed by atoms with Crippen LogP contribution in [-0.2, 0) is 0 Å². The molecule has 0 spiro atoms. The van der Waals surface area contributed by atoms with Crippen LogP contribution in [0.3, 0.4) is 0 Å². The third-order valence-electron chi connectivity index (χ3n) is 2.94. The maximum atomic E-state index is 12.0. The van der Waals surface area contributed by atoms with Gasteiger partial charge in [0.1, 0.15) is 11.5 Å². The number of H-pyrrole nitrogens is 1. The third kappa shape index (κ3) is 3.61. The molecule has 0 unspecified atom stereocenters. The zero-order valence-electron chi connectivity index (χ0n) is 11.6. The lowest BCUT2D eigenvalue weighted by Gasteiger charge is -1.98. The minimum absolute atomic E-state index is 0.266. The summed E-state index contributed by atoms with van der Waals surface area (Å²) in [6, 6.07) is 10.1. The van der Waals surface area contributed by atoms with Crippen molar-refractivity contribution in [3.63, 3.8) is 0 Å². The summed E-state index contributed by atoms with van der Waals surface area (Å²) in [4.78, 5) is 12.0. The van der Waals surface area contributed by atoms with E-state index in [4.69, 9.17) is 27.6 Å². The van der Waals surface area contributed by atoms with Crippen molar-refractivity contribution in [2.24, 2.45) is 5.10 Å². The SMILES string of the molecule is O=C(N/N=C/c1ccco1)c1cc(-c2ccc(Cl)c(Cl)c2)n[nH]1. The molecule has 0 aliphatic carbocycles. The second-order valence-corrected chi connectivity index (χ2v) is 5.32. The fourth-order valence-electron chi connectivity index (χ4n) is 1.82. The van der Waals surface area contributed by atoms with E-state index < -0.39 is 5.91 Å². The number of nitrogens with zero attached hydrogens (tertiary/aromatic N) is 2. The predicted octanol–water partition coefficient (Wildman–Crippen LogP) is 3.74. The smallest absolute Gasteiger partial charge is 0.289 e. The first kappa shape index (κ1) is 15.3. The Morgan fingerprint density at radius 3 is 2.87 bits per heavy atom. The van der Waals surface area contributed by atoms with Crippen molar-refractivity contribution in [1.29, 1.82) is 0 Å². The first-order valence-corrected chi connectivity index (χ1v) is 7.27. The topological polar surface area (TPSA) is 83.3 Å². The van der Waals surface area contributed by atoms with E-state index >= 15 is 0 Å². The maximum Gasteiger partial charge on any atom is 0.289 e. The standard InChI is InChI=1S/C15H10Cl2N4O2/c16-11-4-3-9(6-12(11)17)13-7-14(20-19-13)15(22)21-18-8-10-2-1-5-23-10/h1-8H,(H,19,20)(H,21,22)/b18-8+. The molecule has 0 radical (unpaired) electrons. The number of hydrogen-bond acceptors (Lipinski definition) is 4. The highest BCUT2D eigenvalue weighted by atomic mass is 35.5. The van der Waals surface area contributed by atoms with Gasteiger partial charge in [0.15, 0.2) is 0 Å². The second kappa shape index (κ2) is 6.68. The van der Waals surface area contributed by atoms with Crippen LogP contribution in [0.1, 0.15) is 16.2 Å². The Kier molecular flexibility index (Phi) is 4.45. The van der Waals surface area contributed by atoms with Crippen molar-refractivity contribution in [3.05, 3.63) is 64.2 Å². The number of amides is 1. The first-order chi connectivity index (χ1) is 11.1. The van der Waals surface area contributed by atoms with Crippen LogP contribution in [0.4, 0.5) is 0 Å². The van der Waals surface area contributed by atoms with Crippen LogP contribution in [0.2, 0.25) is 10.0 Å². The molecule has 2 heterocycles. The highest BCUT2D eigenvalue weighted by Gasteiger charge is 2.11. The van der Waals surface area contributed by atoms with Gasteiger partial charge in [-0.1, -0.05) is 29.3 Å². The highest BCUT2D eigenvalue weighted by Crippen LogP contribution is 2.27. The predicted molar refractivity (Wildman–Crippen MR) is 87.8 cm³/mol. The average molecular weight is 349 g/mol. The Bertz CT molecular complexity index is 856. The van der Waals surface area contributed by atoms with Gasteiger partial charge in [-0.15, -0.1) is 0 Å². The summed E-state index contributed by atoms with van der Waals surface area (Å²) in [5.41, 5.74) is 3.96. The molecular weight excluding hydrogens is 339 g/mol. The molecular formula is C15H10Cl2N4O2. The Labute approximate surface area is 141 Å². The number of rotatable bonds is 4. The second-order valence-electron chi connectivity index (χ2n) is 4.51. The van der Waals surface area contributed by atoms with Crippen molar-refractivity contribution in [3.8, 4) is 11.3 Å². The third-order valence-corrected chi connectivity index (χ3v) is 3.68. The summed E-state index contributed by atoms with van der Waals surface area (Å²) in [5.74, 6) is 0.109. The molecule has 8 heteroatoms. The minimum Gasteiger partial charge on any atom is -0.463 e. The summed E-state index contributed by atoms with van der Waals surface area (Å²) in [6.45, 7) is 0. The number of carbonyl (C=O) groups excluding carboxylic acids is 1. The minimum atomic E-state index is -0.424. The van der Waals surface area contributed by atoms with Gasteiger partial charge in [-0.3, -0.25) is 9.89 Å². The van der Waals surface area contributed by atoms with Gasteiger partial charge in [0, 0.05) is 5.56 Å². The molecule has 3 rings (SSSR count). The van der Waals surface area contributed by atoms with Gasteiger partial charge in [0.2, 0.25) is 0 Å². The number of benzene rings is 1. The molecule has 0 saturated carbocycles. The van der Waals surface area contributed by atoms with Gasteiger partial charge >= 0.3 is 0 Å². The molecule has 0 bridgehead atoms. The number of hydrogen-bond donors (Lipinski definition) is 2. The number of aromatic amines is 1. The van der Waals surface area contributed by atoms with Gasteiger partial charge in [-0.2, -0.15) is 10.2 Å². The van der Waals surface area contributed by atoms with Gasteiger partial charge in [0.05, 0.1) is 28.2 Å². The Balaban J connectivity index is 1.70. The van der Waals surface area contributed by atoms with Gasteiger partial charge in [-0.05, 0) is 30.3 Å². The molecule has 0 fully saturated rings. The van der Waals surface area contributed by atoms with Crippen molar-refractivity contribution in [2.75, 3.05) is 0 Å². The van der Waals surface area contributed by atoms with Crippen LogP contribution in [0, 0.1) is 0 Å². The summed E-state index contributed by atoms with van der Waals surface area (Å²) in [6.07, 6.45) is 2.91. The average Bonchev–Trinajstić information content (AvgIpc) is 3.21. The van der Waals surface area contributed by atoms with Crippen molar-refractivity contribution >= 4 is 35.3 Å². The molecule has 1 aromatic carbocycles.